The average molecular weight is 490 g/mol. The molecule has 0 spiro atoms. The first-order chi connectivity index (χ1) is 15.7. The molecule has 176 valence electrons. The summed E-state index contributed by atoms with van der Waals surface area (Å²) in [5.74, 6) is 0.855. The number of sulfonamides is 1. The van der Waals surface area contributed by atoms with Gasteiger partial charge in [-0.05, 0) is 73.4 Å². The van der Waals surface area contributed by atoms with E-state index < -0.39 is 10.0 Å². The van der Waals surface area contributed by atoms with Gasteiger partial charge in [0.15, 0.2) is 5.82 Å². The molecular formula is C24H28ClN3O4S. The van der Waals surface area contributed by atoms with E-state index in [-0.39, 0.29) is 10.6 Å². The second-order valence-electron chi connectivity index (χ2n) is 8.25. The number of benzene rings is 2. The second kappa shape index (κ2) is 9.46. The lowest BCUT2D eigenvalue weighted by atomic mass is 10.1. The van der Waals surface area contributed by atoms with E-state index in [1.807, 2.05) is 36.6 Å². The van der Waals surface area contributed by atoms with Crippen LogP contribution in [-0.4, -0.2) is 53.7 Å². The average Bonchev–Trinajstić information content (AvgIpc) is 3.16. The van der Waals surface area contributed by atoms with Crippen LogP contribution in [0.3, 0.4) is 0 Å². The molecule has 0 unspecified atom stereocenters. The summed E-state index contributed by atoms with van der Waals surface area (Å²) in [6.45, 7) is 7.93. The fourth-order valence-corrected chi connectivity index (χ4v) is 5.82. The summed E-state index contributed by atoms with van der Waals surface area (Å²) < 4.78 is 34.9. The standard InChI is InChI=1S/C24H28ClN3O4S/c1-4-7-28-22-6-5-19(33(30,31)27-8-10-32-11-9-27)15-21(22)26-24(28)20(25)14-18-12-16(2)23(29)17(3)13-18/h5-6,12-15,29H,4,7-11H2,1-3H3. The Hall–Kier alpha value is -2.39. The number of halogens is 1. The minimum atomic E-state index is -3.62. The van der Waals surface area contributed by atoms with Crippen LogP contribution in [0.5, 0.6) is 5.75 Å². The number of hydrogen-bond donors (Lipinski definition) is 1. The number of aromatic hydroxyl groups is 1. The highest BCUT2D eigenvalue weighted by molar-refractivity contribution is 7.89. The van der Waals surface area contributed by atoms with E-state index in [1.54, 1.807) is 18.2 Å². The van der Waals surface area contributed by atoms with Gasteiger partial charge in [0.25, 0.3) is 0 Å². The maximum atomic E-state index is 13.1. The van der Waals surface area contributed by atoms with Crippen LogP contribution in [0, 0.1) is 13.8 Å². The molecule has 0 radical (unpaired) electrons. The maximum absolute atomic E-state index is 13.1. The lowest BCUT2D eigenvalue weighted by Crippen LogP contribution is -2.40. The Morgan fingerprint density at radius 1 is 1.18 bits per heavy atom. The molecule has 1 fully saturated rings. The quantitative estimate of drug-likeness (QED) is 0.550. The summed E-state index contributed by atoms with van der Waals surface area (Å²) in [5.41, 5.74) is 3.81. The van der Waals surface area contributed by atoms with Crippen LogP contribution in [-0.2, 0) is 21.3 Å². The van der Waals surface area contributed by atoms with E-state index in [0.717, 1.165) is 28.6 Å². The van der Waals surface area contributed by atoms with Gasteiger partial charge in [-0.15, -0.1) is 0 Å². The monoisotopic (exact) mass is 489 g/mol. The summed E-state index contributed by atoms with van der Waals surface area (Å²) >= 11 is 6.72. The SMILES string of the molecule is CCCn1c(C(Cl)=Cc2cc(C)c(O)c(C)c2)nc2cc(S(=O)(=O)N3CCOCC3)ccc21. The Balaban J connectivity index is 1.78. The second-order valence-corrected chi connectivity index (χ2v) is 10.6. The minimum absolute atomic E-state index is 0.217. The first-order valence-corrected chi connectivity index (χ1v) is 12.8. The van der Waals surface area contributed by atoms with Crippen molar-refractivity contribution < 1.29 is 18.3 Å². The van der Waals surface area contributed by atoms with Crippen molar-refractivity contribution in [1.29, 1.82) is 0 Å². The topological polar surface area (TPSA) is 84.7 Å². The van der Waals surface area contributed by atoms with Crippen LogP contribution >= 0.6 is 11.6 Å². The summed E-state index contributed by atoms with van der Waals surface area (Å²) in [6.07, 6.45) is 2.69. The van der Waals surface area contributed by atoms with Gasteiger partial charge in [-0.3, -0.25) is 0 Å². The lowest BCUT2D eigenvalue weighted by molar-refractivity contribution is 0.0730. The molecule has 0 atom stereocenters. The van der Waals surface area contributed by atoms with Crippen LogP contribution in [0.25, 0.3) is 22.1 Å². The van der Waals surface area contributed by atoms with Gasteiger partial charge in [-0.2, -0.15) is 4.31 Å². The number of imidazole rings is 1. The summed E-state index contributed by atoms with van der Waals surface area (Å²) in [7, 11) is -3.62. The zero-order valence-electron chi connectivity index (χ0n) is 19.0. The molecule has 7 nitrogen and oxygen atoms in total. The Morgan fingerprint density at radius 3 is 2.48 bits per heavy atom. The minimum Gasteiger partial charge on any atom is -0.507 e. The normalized spacial score (nSPS) is 15.9. The fraction of sp³-hybridized carbons (Fsp3) is 0.375. The van der Waals surface area contributed by atoms with Gasteiger partial charge in [0, 0.05) is 19.6 Å². The predicted octanol–water partition coefficient (Wildman–Crippen LogP) is 4.53. The molecule has 1 aromatic heterocycles. The smallest absolute Gasteiger partial charge is 0.243 e. The molecule has 2 aromatic carbocycles. The number of hydrogen-bond acceptors (Lipinski definition) is 5. The van der Waals surface area contributed by atoms with Gasteiger partial charge >= 0.3 is 0 Å². The number of rotatable bonds is 6. The molecule has 1 aliphatic rings. The molecule has 1 aliphatic heterocycles. The van der Waals surface area contributed by atoms with Gasteiger partial charge in [0.1, 0.15) is 5.75 Å². The van der Waals surface area contributed by atoms with Crippen molar-refractivity contribution in [2.45, 2.75) is 38.6 Å². The molecule has 1 saturated heterocycles. The predicted molar refractivity (Wildman–Crippen MR) is 131 cm³/mol. The molecule has 2 heterocycles. The van der Waals surface area contributed by atoms with Crippen LogP contribution < -0.4 is 0 Å². The maximum Gasteiger partial charge on any atom is 0.243 e. The number of phenols is 1. The number of fused-ring (bicyclic) bond motifs is 1. The first-order valence-electron chi connectivity index (χ1n) is 11.0. The molecule has 9 heteroatoms. The van der Waals surface area contributed by atoms with Crippen molar-refractivity contribution in [1.82, 2.24) is 13.9 Å². The molecule has 0 bridgehead atoms. The fourth-order valence-electron chi connectivity index (χ4n) is 4.12. The van der Waals surface area contributed by atoms with Crippen molar-refractivity contribution in [2.75, 3.05) is 26.3 Å². The Bertz CT molecular complexity index is 1300. The van der Waals surface area contributed by atoms with Gasteiger partial charge in [0.2, 0.25) is 10.0 Å². The highest BCUT2D eigenvalue weighted by Crippen LogP contribution is 2.30. The van der Waals surface area contributed by atoms with Crippen molar-refractivity contribution >= 4 is 43.8 Å². The van der Waals surface area contributed by atoms with Crippen LogP contribution in [0.1, 0.15) is 35.9 Å². The molecule has 3 aromatic rings. The van der Waals surface area contributed by atoms with E-state index in [9.17, 15) is 13.5 Å². The van der Waals surface area contributed by atoms with Crippen LogP contribution in [0.4, 0.5) is 0 Å². The van der Waals surface area contributed by atoms with Gasteiger partial charge < -0.3 is 14.4 Å². The molecular weight excluding hydrogens is 462 g/mol. The van der Waals surface area contributed by atoms with Crippen molar-refractivity contribution in [3.63, 3.8) is 0 Å². The summed E-state index contributed by atoms with van der Waals surface area (Å²) in [6, 6.07) is 8.78. The number of nitrogens with zero attached hydrogens (tertiary/aromatic N) is 3. The van der Waals surface area contributed by atoms with E-state index in [2.05, 4.69) is 6.92 Å². The van der Waals surface area contributed by atoms with Crippen molar-refractivity contribution in [3.8, 4) is 5.75 Å². The first kappa shape index (κ1) is 23.8. The van der Waals surface area contributed by atoms with E-state index in [1.165, 1.54) is 4.31 Å². The van der Waals surface area contributed by atoms with Crippen LogP contribution in [0.2, 0.25) is 0 Å². The number of aryl methyl sites for hydroxylation is 3. The van der Waals surface area contributed by atoms with Crippen LogP contribution in [0.15, 0.2) is 35.2 Å². The Kier molecular flexibility index (Phi) is 6.81. The van der Waals surface area contributed by atoms with Crippen molar-refractivity contribution in [3.05, 3.63) is 52.8 Å². The zero-order chi connectivity index (χ0) is 23.8. The third-order valence-corrected chi connectivity index (χ3v) is 7.97. The molecule has 4 rings (SSSR count). The van der Waals surface area contributed by atoms with E-state index in [4.69, 9.17) is 21.3 Å². The highest BCUT2D eigenvalue weighted by Gasteiger charge is 2.27. The zero-order valence-corrected chi connectivity index (χ0v) is 20.6. The van der Waals surface area contributed by atoms with Gasteiger partial charge in [-0.25, -0.2) is 13.4 Å². The van der Waals surface area contributed by atoms with Crippen molar-refractivity contribution in [2.24, 2.45) is 0 Å². The Morgan fingerprint density at radius 2 is 1.85 bits per heavy atom. The Labute approximate surface area is 199 Å². The number of ether oxygens (including phenoxy) is 1. The molecule has 0 amide bonds. The summed E-state index contributed by atoms with van der Waals surface area (Å²) in [4.78, 5) is 4.93. The van der Waals surface area contributed by atoms with Gasteiger partial charge in [-0.1, -0.05) is 18.5 Å². The largest absolute Gasteiger partial charge is 0.507 e. The summed E-state index contributed by atoms with van der Waals surface area (Å²) in [5, 5.41) is 10.5. The lowest BCUT2D eigenvalue weighted by Gasteiger charge is -2.26. The number of aromatic nitrogens is 2. The third-order valence-electron chi connectivity index (χ3n) is 5.80. The molecule has 0 saturated carbocycles. The number of morpholine rings is 1. The molecule has 33 heavy (non-hydrogen) atoms. The molecule has 0 aliphatic carbocycles. The highest BCUT2D eigenvalue weighted by atomic mass is 35.5. The van der Waals surface area contributed by atoms with E-state index in [0.29, 0.717) is 49.2 Å². The molecule has 1 N–H and O–H groups in total. The third kappa shape index (κ3) is 4.66. The van der Waals surface area contributed by atoms with E-state index >= 15 is 0 Å². The van der Waals surface area contributed by atoms with Gasteiger partial charge in [0.05, 0.1) is 34.2 Å². The number of phenolic OH excluding ortho intramolecular Hbond substituents is 1.